The van der Waals surface area contributed by atoms with Gasteiger partial charge in [-0.15, -0.1) is 33.3 Å². The van der Waals surface area contributed by atoms with Crippen molar-refractivity contribution in [1.29, 1.82) is 0 Å². The van der Waals surface area contributed by atoms with Crippen LogP contribution >= 0.6 is 46.2 Å². The van der Waals surface area contributed by atoms with E-state index in [1.165, 1.54) is 51.1 Å². The van der Waals surface area contributed by atoms with E-state index in [0.29, 0.717) is 17.1 Å². The van der Waals surface area contributed by atoms with E-state index in [0.717, 1.165) is 14.2 Å². The Bertz CT molecular complexity index is 994. The largest absolute Gasteiger partial charge is 1.00 e. The molecule has 30 heavy (non-hydrogen) atoms. The minimum Gasteiger partial charge on any atom is -0.543 e. The van der Waals surface area contributed by atoms with Crippen LogP contribution in [0.25, 0.3) is 0 Å². The number of carboxylic acid groups (broad SMARTS) is 1. The maximum atomic E-state index is 12.6. The topological polar surface area (TPSA) is 115 Å². The third-order valence-electron chi connectivity index (χ3n) is 4.35. The van der Waals surface area contributed by atoms with Crippen molar-refractivity contribution >= 4 is 64.0 Å². The zero-order valence-corrected chi connectivity index (χ0v) is 21.4. The molecule has 4 heterocycles. The Balaban J connectivity index is 0.00000256. The number of thiophene rings is 1. The number of carbonyl (C=O) groups is 3. The number of rotatable bonds is 7. The van der Waals surface area contributed by atoms with Gasteiger partial charge in [-0.05, 0) is 23.9 Å². The molecule has 1 fully saturated rings. The van der Waals surface area contributed by atoms with Gasteiger partial charge in [-0.3, -0.25) is 14.5 Å². The zero-order valence-electron chi connectivity index (χ0n) is 16.1. The van der Waals surface area contributed by atoms with Gasteiger partial charge in [0.05, 0.1) is 18.1 Å². The summed E-state index contributed by atoms with van der Waals surface area (Å²) in [5.41, 5.74) is 0.525. The Kier molecular flexibility index (Phi) is 8.04. The minimum absolute atomic E-state index is 0. The quantitative estimate of drug-likeness (QED) is 0.261. The standard InChI is InChI=1S/C17H16N4O4S4.Na/c1-8-19-20-17(29-8)28-7-9-6-27-15-12(14(23)21(15)13(9)16(24)25)18-11(22)5-10-3-2-4-26-10;/h2-4,12,15H,5-7H2,1H3,(H,18,22)(H,24,25);/q;+1/p-1/t12-,15-;/m1./s1. The zero-order chi connectivity index (χ0) is 20.5. The Hall–Kier alpha value is -0.890. The van der Waals surface area contributed by atoms with Crippen LogP contribution in [0.2, 0.25) is 0 Å². The number of aliphatic carboxylic acids is 1. The number of fused-ring (bicyclic) bond motifs is 1. The molecule has 0 aliphatic carbocycles. The van der Waals surface area contributed by atoms with Crippen molar-refractivity contribution in [2.24, 2.45) is 0 Å². The fourth-order valence-electron chi connectivity index (χ4n) is 3.06. The van der Waals surface area contributed by atoms with E-state index in [1.807, 2.05) is 24.4 Å². The van der Waals surface area contributed by atoms with Crippen molar-refractivity contribution in [1.82, 2.24) is 20.4 Å². The van der Waals surface area contributed by atoms with Crippen LogP contribution in [0.1, 0.15) is 9.88 Å². The number of nitrogens with one attached hydrogen (secondary N) is 1. The molecule has 0 spiro atoms. The van der Waals surface area contributed by atoms with Gasteiger partial charge in [-0.2, -0.15) is 0 Å². The van der Waals surface area contributed by atoms with Crippen molar-refractivity contribution in [3.8, 4) is 0 Å². The molecule has 13 heteroatoms. The molecule has 0 saturated carbocycles. The van der Waals surface area contributed by atoms with Gasteiger partial charge in [0.2, 0.25) is 5.91 Å². The van der Waals surface area contributed by atoms with Gasteiger partial charge >= 0.3 is 29.6 Å². The summed E-state index contributed by atoms with van der Waals surface area (Å²) < 4.78 is 0.744. The van der Waals surface area contributed by atoms with Crippen LogP contribution in [0, 0.1) is 6.92 Å². The monoisotopic (exact) mass is 490 g/mol. The van der Waals surface area contributed by atoms with Crippen molar-refractivity contribution in [3.05, 3.63) is 38.7 Å². The van der Waals surface area contributed by atoms with E-state index < -0.39 is 23.3 Å². The summed E-state index contributed by atoms with van der Waals surface area (Å²) in [7, 11) is 0. The van der Waals surface area contributed by atoms with Crippen LogP contribution in [0.5, 0.6) is 0 Å². The molecule has 4 rings (SSSR count). The number of aryl methyl sites for hydroxylation is 1. The van der Waals surface area contributed by atoms with E-state index >= 15 is 0 Å². The Morgan fingerprint density at radius 1 is 1.40 bits per heavy atom. The van der Waals surface area contributed by atoms with E-state index in [-0.39, 0.29) is 47.6 Å². The molecule has 0 unspecified atom stereocenters. The number of aromatic nitrogens is 2. The molecule has 2 aliphatic heterocycles. The van der Waals surface area contributed by atoms with E-state index in [4.69, 9.17) is 0 Å². The van der Waals surface area contributed by atoms with Crippen molar-refractivity contribution < 1.29 is 49.0 Å². The summed E-state index contributed by atoms with van der Waals surface area (Å²) >= 11 is 5.73. The summed E-state index contributed by atoms with van der Waals surface area (Å²) in [6.07, 6.45) is 0.200. The molecule has 2 aromatic rings. The first kappa shape index (κ1) is 23.8. The molecule has 1 N–H and O–H groups in total. The molecule has 8 nitrogen and oxygen atoms in total. The number of β-lactam (4-membered cyclic amide) rings is 1. The summed E-state index contributed by atoms with van der Waals surface area (Å²) in [5.74, 6) is -1.22. The minimum atomic E-state index is -1.38. The second kappa shape index (κ2) is 10.2. The van der Waals surface area contributed by atoms with Crippen LogP contribution in [0.4, 0.5) is 0 Å². The maximum Gasteiger partial charge on any atom is 1.00 e. The molecule has 152 valence electrons. The summed E-state index contributed by atoms with van der Waals surface area (Å²) in [6.45, 7) is 1.85. The van der Waals surface area contributed by atoms with E-state index in [2.05, 4.69) is 15.5 Å². The number of hydrogen-bond donors (Lipinski definition) is 1. The first-order valence-corrected chi connectivity index (χ1v) is 12.3. The molecule has 0 aromatic carbocycles. The normalized spacial score (nSPS) is 20.3. The number of carboxylic acids is 1. The molecular formula is C17H15N4NaO4S4. The van der Waals surface area contributed by atoms with Gasteiger partial charge in [0.15, 0.2) is 4.34 Å². The molecular weight excluding hydrogens is 475 g/mol. The first-order chi connectivity index (χ1) is 13.9. The number of carbonyl (C=O) groups excluding carboxylic acids is 3. The van der Waals surface area contributed by atoms with Gasteiger partial charge < -0.3 is 15.2 Å². The summed E-state index contributed by atoms with van der Waals surface area (Å²) in [5, 5.41) is 24.7. The molecule has 1 saturated heterocycles. The molecule has 2 atom stereocenters. The molecule has 2 amide bonds. The van der Waals surface area contributed by atoms with Gasteiger partial charge in [-0.25, -0.2) is 0 Å². The SMILES string of the molecule is Cc1nnc(SCC2=C(C(=O)[O-])N3C(=O)[C@@H](NC(=O)Cc4cccs4)[C@H]3SC2)s1.[Na+]. The van der Waals surface area contributed by atoms with E-state index in [9.17, 15) is 19.5 Å². The van der Waals surface area contributed by atoms with Gasteiger partial charge in [0, 0.05) is 16.4 Å². The Labute approximate surface area is 211 Å². The average molecular weight is 491 g/mol. The second-order valence-corrected chi connectivity index (χ2v) is 10.9. The van der Waals surface area contributed by atoms with Crippen LogP contribution in [-0.4, -0.2) is 55.8 Å². The second-order valence-electron chi connectivity index (χ2n) is 6.33. The van der Waals surface area contributed by atoms with E-state index in [1.54, 1.807) is 0 Å². The molecule has 2 aromatic heterocycles. The maximum absolute atomic E-state index is 12.6. The van der Waals surface area contributed by atoms with Crippen LogP contribution < -0.4 is 40.0 Å². The summed E-state index contributed by atoms with van der Waals surface area (Å²) in [6, 6.07) is 3.00. The average Bonchev–Trinajstić information content (AvgIpc) is 3.35. The van der Waals surface area contributed by atoms with Gasteiger partial charge in [0.1, 0.15) is 16.4 Å². The molecule has 0 bridgehead atoms. The van der Waals surface area contributed by atoms with Crippen LogP contribution in [-0.2, 0) is 20.8 Å². The first-order valence-electron chi connectivity index (χ1n) is 8.56. The third-order valence-corrected chi connectivity index (χ3v) is 8.62. The van der Waals surface area contributed by atoms with Crippen molar-refractivity contribution in [2.75, 3.05) is 11.5 Å². The Morgan fingerprint density at radius 2 is 2.20 bits per heavy atom. The number of hydrogen-bond acceptors (Lipinski definition) is 10. The van der Waals surface area contributed by atoms with Crippen molar-refractivity contribution in [2.45, 2.75) is 29.1 Å². The number of amides is 2. The van der Waals surface area contributed by atoms with Crippen molar-refractivity contribution in [3.63, 3.8) is 0 Å². The fraction of sp³-hybridized carbons (Fsp3) is 0.353. The van der Waals surface area contributed by atoms with Crippen LogP contribution in [0.15, 0.2) is 33.1 Å². The third kappa shape index (κ3) is 4.95. The molecule has 2 aliphatic rings. The smallest absolute Gasteiger partial charge is 0.543 e. The predicted octanol–water partition coefficient (Wildman–Crippen LogP) is -2.35. The van der Waals surface area contributed by atoms with Gasteiger partial charge in [0.25, 0.3) is 5.91 Å². The van der Waals surface area contributed by atoms with Crippen LogP contribution in [0.3, 0.4) is 0 Å². The fourth-order valence-corrected chi connectivity index (χ4v) is 7.07. The summed E-state index contributed by atoms with van der Waals surface area (Å²) in [4.78, 5) is 38.8. The Morgan fingerprint density at radius 3 is 2.83 bits per heavy atom. The van der Waals surface area contributed by atoms with Gasteiger partial charge in [-0.1, -0.05) is 29.2 Å². The number of thioether (sulfide) groups is 2. The molecule has 0 radical (unpaired) electrons. The number of nitrogens with zero attached hydrogens (tertiary/aromatic N) is 3. The predicted molar refractivity (Wildman–Crippen MR) is 110 cm³/mol.